The van der Waals surface area contributed by atoms with Gasteiger partial charge in [0.1, 0.15) is 12.3 Å². The normalized spacial score (nSPS) is 20.2. The number of anilines is 1. The first-order valence-corrected chi connectivity index (χ1v) is 9.63. The highest BCUT2D eigenvalue weighted by Gasteiger charge is 2.40. The number of carboxylic acids is 1. The first-order valence-electron chi connectivity index (χ1n) is 9.63. The van der Waals surface area contributed by atoms with E-state index in [0.717, 1.165) is 0 Å². The van der Waals surface area contributed by atoms with Crippen molar-refractivity contribution in [3.05, 3.63) is 24.3 Å². The molecule has 2 amide bonds. The summed E-state index contributed by atoms with van der Waals surface area (Å²) in [5, 5.41) is 9.26. The number of para-hydroxylation sites is 2. The Hall–Kier alpha value is -2.61. The van der Waals surface area contributed by atoms with Crippen molar-refractivity contribution < 1.29 is 29.0 Å². The van der Waals surface area contributed by atoms with Gasteiger partial charge in [-0.3, -0.25) is 14.4 Å². The largest absolute Gasteiger partial charge is 0.492 e. The summed E-state index contributed by atoms with van der Waals surface area (Å²) in [5.41, 5.74) is 0.639. The number of rotatable bonds is 7. The standard InChI is InChI=1S/C20H26N2O6/c1-2-28-17-6-4-3-5-16(17)22-12-14(11-18(22)23)20(26)21(13-19(24)25)15-7-9-27-10-8-15/h3-6,14-15H,2,7-13H2,1H3,(H,24,25)/t14-/m0/s1. The Labute approximate surface area is 164 Å². The average molecular weight is 390 g/mol. The second-order valence-corrected chi connectivity index (χ2v) is 7.01. The summed E-state index contributed by atoms with van der Waals surface area (Å²) in [6.45, 7) is 3.21. The molecule has 8 nitrogen and oxygen atoms in total. The van der Waals surface area contributed by atoms with E-state index in [4.69, 9.17) is 9.47 Å². The van der Waals surface area contributed by atoms with Crippen LogP contribution in [0.1, 0.15) is 26.2 Å². The van der Waals surface area contributed by atoms with E-state index in [0.29, 0.717) is 44.1 Å². The second-order valence-electron chi connectivity index (χ2n) is 7.01. The molecule has 0 aliphatic carbocycles. The van der Waals surface area contributed by atoms with Gasteiger partial charge in [-0.05, 0) is 31.9 Å². The zero-order valence-electron chi connectivity index (χ0n) is 16.0. The third-order valence-electron chi connectivity index (χ3n) is 5.15. The molecule has 0 unspecified atom stereocenters. The summed E-state index contributed by atoms with van der Waals surface area (Å²) in [5.74, 6) is -1.46. The van der Waals surface area contributed by atoms with Crippen LogP contribution in [-0.4, -0.2) is 66.7 Å². The molecule has 2 fully saturated rings. The van der Waals surface area contributed by atoms with E-state index in [9.17, 15) is 19.5 Å². The lowest BCUT2D eigenvalue weighted by atomic mass is 10.0. The van der Waals surface area contributed by atoms with E-state index < -0.39 is 11.9 Å². The maximum absolute atomic E-state index is 13.1. The van der Waals surface area contributed by atoms with E-state index in [-0.39, 0.29) is 37.4 Å². The molecule has 2 heterocycles. The maximum Gasteiger partial charge on any atom is 0.323 e. The quantitative estimate of drug-likeness (QED) is 0.759. The van der Waals surface area contributed by atoms with Crippen LogP contribution in [0.3, 0.4) is 0 Å². The van der Waals surface area contributed by atoms with Crippen molar-refractivity contribution >= 4 is 23.5 Å². The molecule has 0 saturated carbocycles. The van der Waals surface area contributed by atoms with Crippen molar-refractivity contribution in [2.24, 2.45) is 5.92 Å². The highest BCUT2D eigenvalue weighted by molar-refractivity contribution is 6.01. The average Bonchev–Trinajstić information content (AvgIpc) is 3.08. The molecule has 1 aromatic rings. The topological polar surface area (TPSA) is 96.4 Å². The van der Waals surface area contributed by atoms with Crippen molar-refractivity contribution in [1.29, 1.82) is 0 Å². The van der Waals surface area contributed by atoms with Crippen LogP contribution in [0.15, 0.2) is 24.3 Å². The van der Waals surface area contributed by atoms with Gasteiger partial charge in [-0.15, -0.1) is 0 Å². The fourth-order valence-corrected chi connectivity index (χ4v) is 3.83. The van der Waals surface area contributed by atoms with Crippen LogP contribution in [0.2, 0.25) is 0 Å². The molecule has 2 saturated heterocycles. The molecule has 8 heteroatoms. The fourth-order valence-electron chi connectivity index (χ4n) is 3.83. The van der Waals surface area contributed by atoms with Gasteiger partial charge in [-0.1, -0.05) is 12.1 Å². The summed E-state index contributed by atoms with van der Waals surface area (Å²) in [7, 11) is 0. The molecule has 2 aliphatic heterocycles. The Morgan fingerprint density at radius 3 is 2.68 bits per heavy atom. The van der Waals surface area contributed by atoms with E-state index in [1.807, 2.05) is 19.1 Å². The zero-order chi connectivity index (χ0) is 20.1. The van der Waals surface area contributed by atoms with Crippen LogP contribution in [0.4, 0.5) is 5.69 Å². The van der Waals surface area contributed by atoms with Gasteiger partial charge >= 0.3 is 5.97 Å². The minimum Gasteiger partial charge on any atom is -0.492 e. The SMILES string of the molecule is CCOc1ccccc1N1C[C@@H](C(=O)N(CC(=O)O)C2CCOCC2)CC1=O. The Kier molecular flexibility index (Phi) is 6.51. The van der Waals surface area contributed by atoms with Crippen LogP contribution in [0.25, 0.3) is 0 Å². The Morgan fingerprint density at radius 2 is 2.00 bits per heavy atom. The highest BCUT2D eigenvalue weighted by Crippen LogP contribution is 2.34. The number of carbonyl (C=O) groups excluding carboxylic acids is 2. The smallest absolute Gasteiger partial charge is 0.323 e. The van der Waals surface area contributed by atoms with Gasteiger partial charge < -0.3 is 24.4 Å². The van der Waals surface area contributed by atoms with Gasteiger partial charge in [0, 0.05) is 32.2 Å². The maximum atomic E-state index is 13.1. The van der Waals surface area contributed by atoms with Crippen molar-refractivity contribution in [1.82, 2.24) is 4.90 Å². The van der Waals surface area contributed by atoms with Crippen molar-refractivity contribution in [2.75, 3.05) is 37.8 Å². The number of nitrogens with zero attached hydrogens (tertiary/aromatic N) is 2. The molecule has 1 N–H and O–H groups in total. The number of amides is 2. The molecule has 0 spiro atoms. The molecule has 0 radical (unpaired) electrons. The molecule has 1 atom stereocenters. The predicted molar refractivity (Wildman–Crippen MR) is 101 cm³/mol. The second kappa shape index (κ2) is 9.05. The van der Waals surface area contributed by atoms with E-state index in [2.05, 4.69) is 0 Å². The molecular formula is C20H26N2O6. The Morgan fingerprint density at radius 1 is 1.29 bits per heavy atom. The lowest BCUT2D eigenvalue weighted by Crippen LogP contribution is -2.48. The molecule has 3 rings (SSSR count). The number of hydrogen-bond donors (Lipinski definition) is 1. The Bertz CT molecular complexity index is 731. The zero-order valence-corrected chi connectivity index (χ0v) is 16.0. The monoisotopic (exact) mass is 390 g/mol. The lowest BCUT2D eigenvalue weighted by molar-refractivity contribution is -0.149. The minimum absolute atomic E-state index is 0.0681. The Balaban J connectivity index is 1.77. The van der Waals surface area contributed by atoms with Crippen LogP contribution < -0.4 is 9.64 Å². The lowest BCUT2D eigenvalue weighted by Gasteiger charge is -2.34. The van der Waals surface area contributed by atoms with Gasteiger partial charge in [0.2, 0.25) is 11.8 Å². The number of hydrogen-bond acceptors (Lipinski definition) is 5. The number of aliphatic carboxylic acids is 1. The van der Waals surface area contributed by atoms with Gasteiger partial charge in [0.05, 0.1) is 18.2 Å². The molecule has 152 valence electrons. The molecular weight excluding hydrogens is 364 g/mol. The van der Waals surface area contributed by atoms with Gasteiger partial charge in [0.15, 0.2) is 0 Å². The number of carbonyl (C=O) groups is 3. The molecule has 28 heavy (non-hydrogen) atoms. The van der Waals surface area contributed by atoms with Crippen LogP contribution in [0.5, 0.6) is 5.75 Å². The summed E-state index contributed by atoms with van der Waals surface area (Å²) < 4.78 is 10.9. The van der Waals surface area contributed by atoms with Gasteiger partial charge in [-0.2, -0.15) is 0 Å². The van der Waals surface area contributed by atoms with Crippen molar-refractivity contribution in [3.63, 3.8) is 0 Å². The minimum atomic E-state index is -1.05. The van der Waals surface area contributed by atoms with Gasteiger partial charge in [-0.25, -0.2) is 0 Å². The molecule has 0 bridgehead atoms. The fraction of sp³-hybridized carbons (Fsp3) is 0.550. The summed E-state index contributed by atoms with van der Waals surface area (Å²) in [6.07, 6.45) is 1.28. The first-order chi connectivity index (χ1) is 13.5. The van der Waals surface area contributed by atoms with Crippen LogP contribution in [0, 0.1) is 5.92 Å². The third-order valence-corrected chi connectivity index (χ3v) is 5.15. The van der Waals surface area contributed by atoms with Crippen molar-refractivity contribution in [3.8, 4) is 5.75 Å². The van der Waals surface area contributed by atoms with E-state index in [1.54, 1.807) is 17.0 Å². The predicted octanol–water partition coefficient (Wildman–Crippen LogP) is 1.53. The van der Waals surface area contributed by atoms with Crippen LogP contribution in [-0.2, 0) is 19.1 Å². The highest BCUT2D eigenvalue weighted by atomic mass is 16.5. The summed E-state index contributed by atoms with van der Waals surface area (Å²) in [6, 6.07) is 7.07. The van der Waals surface area contributed by atoms with Gasteiger partial charge in [0.25, 0.3) is 0 Å². The molecule has 2 aliphatic rings. The van der Waals surface area contributed by atoms with Crippen LogP contribution >= 0.6 is 0 Å². The summed E-state index contributed by atoms with van der Waals surface area (Å²) >= 11 is 0. The number of ether oxygens (including phenoxy) is 2. The third kappa shape index (κ3) is 4.44. The number of benzene rings is 1. The summed E-state index contributed by atoms with van der Waals surface area (Å²) in [4.78, 5) is 40.1. The van der Waals surface area contributed by atoms with E-state index in [1.165, 1.54) is 4.90 Å². The first kappa shape index (κ1) is 20.1. The van der Waals surface area contributed by atoms with Crippen molar-refractivity contribution in [2.45, 2.75) is 32.2 Å². The van der Waals surface area contributed by atoms with E-state index >= 15 is 0 Å². The number of carboxylic acid groups (broad SMARTS) is 1. The molecule has 0 aromatic heterocycles. The molecule has 1 aromatic carbocycles.